The van der Waals surface area contributed by atoms with Crippen LogP contribution in [0.3, 0.4) is 0 Å². The molecule has 1 saturated heterocycles. The Bertz CT molecular complexity index is 864. The lowest BCUT2D eigenvalue weighted by atomic mass is 9.99. The normalized spacial score (nSPS) is 21.2. The van der Waals surface area contributed by atoms with Gasteiger partial charge in [-0.1, -0.05) is 167 Å². The molecule has 0 aliphatic carbocycles. The second-order valence-corrected chi connectivity index (χ2v) is 15.1. The van der Waals surface area contributed by atoms with Crippen molar-refractivity contribution in [2.24, 2.45) is 0 Å². The monoisotopic (exact) mass is 755 g/mol. The second kappa shape index (κ2) is 36.3. The van der Waals surface area contributed by atoms with Crippen molar-refractivity contribution in [2.75, 3.05) is 26.4 Å². The van der Waals surface area contributed by atoms with Crippen LogP contribution in [0, 0.1) is 0 Å². The largest absolute Gasteiger partial charge is 0.457 e. The number of rotatable bonds is 37. The quantitative estimate of drug-likeness (QED) is 0.0278. The van der Waals surface area contributed by atoms with Crippen LogP contribution in [-0.4, -0.2) is 89.6 Å². The maximum absolute atomic E-state index is 12.7. The van der Waals surface area contributed by atoms with E-state index in [-0.39, 0.29) is 19.2 Å². The van der Waals surface area contributed by atoms with Crippen LogP contribution >= 0.6 is 0 Å². The molecule has 0 amide bonds. The number of ether oxygens (including phenoxy) is 4. The number of allylic oxidation sites excluding steroid dienone is 4. The summed E-state index contributed by atoms with van der Waals surface area (Å²) >= 11 is 0. The fourth-order valence-electron chi connectivity index (χ4n) is 6.65. The summed E-state index contributed by atoms with van der Waals surface area (Å²) < 4.78 is 22.8. The van der Waals surface area contributed by atoms with E-state index in [0.29, 0.717) is 13.0 Å². The van der Waals surface area contributed by atoms with Gasteiger partial charge in [-0.25, -0.2) is 0 Å². The third kappa shape index (κ3) is 27.8. The Morgan fingerprint density at radius 1 is 0.604 bits per heavy atom. The highest BCUT2D eigenvalue weighted by atomic mass is 16.7. The second-order valence-electron chi connectivity index (χ2n) is 15.1. The number of hydrogen-bond acceptors (Lipinski definition) is 9. The van der Waals surface area contributed by atoms with E-state index in [2.05, 4.69) is 38.2 Å². The SMILES string of the molecule is CCC/C=C\C/C=C\CCCCCCCC(=O)OC(COCCCCCCCCCCCCCCCCCCC)COC1OC(CO)C(O)C(O)C1O. The molecule has 1 fully saturated rings. The molecule has 1 heterocycles. The molecular formula is C44H82O9. The summed E-state index contributed by atoms with van der Waals surface area (Å²) in [4.78, 5) is 12.7. The van der Waals surface area contributed by atoms with E-state index in [4.69, 9.17) is 18.9 Å². The summed E-state index contributed by atoms with van der Waals surface area (Å²) in [6.07, 6.45) is 33.4. The molecule has 1 aliphatic rings. The molecule has 53 heavy (non-hydrogen) atoms. The maximum atomic E-state index is 12.7. The number of carbonyl (C=O) groups is 1. The Morgan fingerprint density at radius 3 is 1.70 bits per heavy atom. The van der Waals surface area contributed by atoms with E-state index >= 15 is 0 Å². The van der Waals surface area contributed by atoms with E-state index in [9.17, 15) is 25.2 Å². The smallest absolute Gasteiger partial charge is 0.306 e. The van der Waals surface area contributed by atoms with Gasteiger partial charge < -0.3 is 39.4 Å². The van der Waals surface area contributed by atoms with Crippen LogP contribution in [-0.2, 0) is 23.7 Å². The lowest BCUT2D eigenvalue weighted by molar-refractivity contribution is -0.305. The van der Waals surface area contributed by atoms with Crippen molar-refractivity contribution >= 4 is 5.97 Å². The molecule has 0 aromatic carbocycles. The molecule has 0 bridgehead atoms. The lowest BCUT2D eigenvalue weighted by Crippen LogP contribution is -2.59. The maximum Gasteiger partial charge on any atom is 0.306 e. The highest BCUT2D eigenvalue weighted by Gasteiger charge is 2.44. The van der Waals surface area contributed by atoms with Crippen LogP contribution in [0.2, 0.25) is 0 Å². The molecule has 6 atom stereocenters. The van der Waals surface area contributed by atoms with Crippen molar-refractivity contribution in [2.45, 2.75) is 224 Å². The minimum atomic E-state index is -1.54. The van der Waals surface area contributed by atoms with Crippen molar-refractivity contribution in [3.05, 3.63) is 24.3 Å². The predicted octanol–water partition coefficient (Wildman–Crippen LogP) is 9.42. The first-order chi connectivity index (χ1) is 25.9. The molecule has 9 heteroatoms. The minimum absolute atomic E-state index is 0.116. The predicted molar refractivity (Wildman–Crippen MR) is 215 cm³/mol. The van der Waals surface area contributed by atoms with Crippen molar-refractivity contribution in [3.8, 4) is 0 Å². The van der Waals surface area contributed by atoms with Crippen LogP contribution in [0.1, 0.15) is 187 Å². The Morgan fingerprint density at radius 2 is 1.13 bits per heavy atom. The number of unbranched alkanes of at least 4 members (excludes halogenated alkanes) is 22. The standard InChI is InChI=1S/C44H82O9/c1-3-5-7-9-11-13-15-17-18-19-20-22-24-26-28-30-32-34-50-36-38(37-51-44-43(49)42(48)41(47)39(35-45)53-44)52-40(46)33-31-29-27-25-23-21-16-14-12-10-8-6-4-2/h8,10,14,16,38-39,41-45,47-49H,3-7,9,11-13,15,17-37H2,1-2H3/b10-8-,16-14-. The van der Waals surface area contributed by atoms with Gasteiger partial charge in [0.1, 0.15) is 30.5 Å². The van der Waals surface area contributed by atoms with Gasteiger partial charge in [-0.15, -0.1) is 0 Å². The fraction of sp³-hybridized carbons (Fsp3) is 0.886. The Labute approximate surface area is 324 Å². The van der Waals surface area contributed by atoms with E-state index < -0.39 is 43.4 Å². The first-order valence-electron chi connectivity index (χ1n) is 21.9. The van der Waals surface area contributed by atoms with Crippen LogP contribution < -0.4 is 0 Å². The highest BCUT2D eigenvalue weighted by Crippen LogP contribution is 2.22. The van der Waals surface area contributed by atoms with E-state index in [0.717, 1.165) is 64.2 Å². The average molecular weight is 755 g/mol. The van der Waals surface area contributed by atoms with E-state index in [1.807, 2.05) is 0 Å². The van der Waals surface area contributed by atoms with Gasteiger partial charge in [-0.3, -0.25) is 4.79 Å². The van der Waals surface area contributed by atoms with Gasteiger partial charge in [0.25, 0.3) is 0 Å². The molecule has 4 N–H and O–H groups in total. The van der Waals surface area contributed by atoms with Gasteiger partial charge in [0.05, 0.1) is 19.8 Å². The van der Waals surface area contributed by atoms with Crippen LogP contribution in [0.4, 0.5) is 0 Å². The third-order valence-corrected chi connectivity index (χ3v) is 10.1. The zero-order valence-electron chi connectivity index (χ0n) is 34.0. The van der Waals surface area contributed by atoms with Gasteiger partial charge in [-0.2, -0.15) is 0 Å². The van der Waals surface area contributed by atoms with Gasteiger partial charge in [0.2, 0.25) is 0 Å². The fourth-order valence-corrected chi connectivity index (χ4v) is 6.65. The molecule has 9 nitrogen and oxygen atoms in total. The van der Waals surface area contributed by atoms with Crippen molar-refractivity contribution in [1.29, 1.82) is 0 Å². The number of esters is 1. The van der Waals surface area contributed by atoms with Gasteiger partial charge in [-0.05, 0) is 38.5 Å². The zero-order chi connectivity index (χ0) is 38.6. The van der Waals surface area contributed by atoms with Crippen LogP contribution in [0.15, 0.2) is 24.3 Å². The summed E-state index contributed by atoms with van der Waals surface area (Å²) in [5.74, 6) is -0.326. The Hall–Kier alpha value is -1.33. The zero-order valence-corrected chi connectivity index (χ0v) is 34.0. The molecule has 0 aromatic rings. The van der Waals surface area contributed by atoms with Gasteiger partial charge in [0.15, 0.2) is 6.29 Å². The molecule has 0 radical (unpaired) electrons. The Balaban J connectivity index is 2.26. The summed E-state index contributed by atoms with van der Waals surface area (Å²) in [6.45, 7) is 4.50. The van der Waals surface area contributed by atoms with Crippen molar-refractivity contribution in [1.82, 2.24) is 0 Å². The van der Waals surface area contributed by atoms with Crippen LogP contribution in [0.25, 0.3) is 0 Å². The van der Waals surface area contributed by atoms with Crippen molar-refractivity contribution < 1.29 is 44.2 Å². The average Bonchev–Trinajstić information content (AvgIpc) is 3.16. The first kappa shape index (κ1) is 49.7. The van der Waals surface area contributed by atoms with Crippen molar-refractivity contribution in [3.63, 3.8) is 0 Å². The molecular weight excluding hydrogens is 672 g/mol. The number of carbonyl (C=O) groups excluding carboxylic acids is 1. The third-order valence-electron chi connectivity index (χ3n) is 10.1. The highest BCUT2D eigenvalue weighted by molar-refractivity contribution is 5.69. The number of aliphatic hydroxyl groups excluding tert-OH is 4. The first-order valence-corrected chi connectivity index (χ1v) is 21.9. The summed E-state index contributed by atoms with van der Waals surface area (Å²) in [5.41, 5.74) is 0. The van der Waals surface area contributed by atoms with Gasteiger partial charge >= 0.3 is 5.97 Å². The molecule has 0 spiro atoms. The molecule has 0 aromatic heterocycles. The van der Waals surface area contributed by atoms with E-state index in [1.165, 1.54) is 103 Å². The number of hydrogen-bond donors (Lipinski definition) is 4. The Kier molecular flexibility index (Phi) is 34.0. The van der Waals surface area contributed by atoms with E-state index in [1.54, 1.807) is 0 Å². The molecule has 1 aliphatic heterocycles. The van der Waals surface area contributed by atoms with Gasteiger partial charge in [0, 0.05) is 13.0 Å². The van der Waals surface area contributed by atoms with Crippen LogP contribution in [0.5, 0.6) is 0 Å². The molecule has 0 saturated carbocycles. The molecule has 312 valence electrons. The topological polar surface area (TPSA) is 135 Å². The summed E-state index contributed by atoms with van der Waals surface area (Å²) in [5, 5.41) is 40.0. The number of aliphatic hydroxyl groups is 4. The summed E-state index contributed by atoms with van der Waals surface area (Å²) in [7, 11) is 0. The summed E-state index contributed by atoms with van der Waals surface area (Å²) in [6, 6.07) is 0. The minimum Gasteiger partial charge on any atom is -0.457 e. The molecule has 6 unspecified atom stereocenters. The lowest BCUT2D eigenvalue weighted by Gasteiger charge is -2.39. The molecule has 1 rings (SSSR count).